The Hall–Kier alpha value is -1.62. The molecule has 1 amide bonds. The Labute approximate surface area is 126 Å². The molecule has 5 heteroatoms. The molecule has 1 N–H and O–H groups in total. The van der Waals surface area contributed by atoms with Crippen LogP contribution in [0.15, 0.2) is 6.07 Å². The van der Waals surface area contributed by atoms with Crippen molar-refractivity contribution in [2.75, 3.05) is 45.2 Å². The first-order valence-electron chi connectivity index (χ1n) is 7.87. The summed E-state index contributed by atoms with van der Waals surface area (Å²) in [4.78, 5) is 21.5. The lowest BCUT2D eigenvalue weighted by Gasteiger charge is -2.22. The third-order valence-electron chi connectivity index (χ3n) is 4.33. The van der Waals surface area contributed by atoms with Gasteiger partial charge in [0.2, 0.25) is 0 Å². The number of carbonyl (C=O) groups excluding carboxylic acids is 1. The Morgan fingerprint density at radius 1 is 1.24 bits per heavy atom. The minimum Gasteiger partial charge on any atom is -0.362 e. The van der Waals surface area contributed by atoms with E-state index in [-0.39, 0.29) is 5.91 Å². The molecule has 1 saturated heterocycles. The SMILES string of the molecule is CN(C)c1nc2c(cc1C(=O)N1CCCC1)CCNCC2. The number of carbonyl (C=O) groups is 1. The van der Waals surface area contributed by atoms with Crippen LogP contribution in [-0.2, 0) is 12.8 Å². The Kier molecular flexibility index (Phi) is 4.10. The zero-order chi connectivity index (χ0) is 14.8. The van der Waals surface area contributed by atoms with Crippen LogP contribution in [0.5, 0.6) is 0 Å². The van der Waals surface area contributed by atoms with E-state index in [1.807, 2.05) is 23.9 Å². The van der Waals surface area contributed by atoms with Crippen LogP contribution in [0.4, 0.5) is 5.82 Å². The van der Waals surface area contributed by atoms with Gasteiger partial charge < -0.3 is 15.1 Å². The van der Waals surface area contributed by atoms with Gasteiger partial charge in [0.05, 0.1) is 5.56 Å². The standard InChI is InChI=1S/C16H24N4O/c1-19(2)15-13(16(21)20-9-3-4-10-20)11-12-5-7-17-8-6-14(12)18-15/h11,17H,3-10H2,1-2H3. The predicted molar refractivity (Wildman–Crippen MR) is 84.0 cm³/mol. The molecule has 3 rings (SSSR count). The van der Waals surface area contributed by atoms with E-state index in [4.69, 9.17) is 4.98 Å². The molecule has 0 unspecified atom stereocenters. The first kappa shape index (κ1) is 14.3. The highest BCUT2D eigenvalue weighted by Crippen LogP contribution is 2.24. The number of likely N-dealkylation sites (tertiary alicyclic amines) is 1. The lowest BCUT2D eigenvalue weighted by Crippen LogP contribution is -2.30. The quantitative estimate of drug-likeness (QED) is 0.884. The van der Waals surface area contributed by atoms with Gasteiger partial charge in [-0.25, -0.2) is 4.98 Å². The number of nitrogens with one attached hydrogen (secondary N) is 1. The molecule has 0 spiro atoms. The van der Waals surface area contributed by atoms with E-state index in [1.54, 1.807) is 0 Å². The zero-order valence-corrected chi connectivity index (χ0v) is 13.0. The summed E-state index contributed by atoms with van der Waals surface area (Å²) in [7, 11) is 3.93. The highest BCUT2D eigenvalue weighted by atomic mass is 16.2. The van der Waals surface area contributed by atoms with E-state index < -0.39 is 0 Å². The van der Waals surface area contributed by atoms with Crippen LogP contribution in [0, 0.1) is 0 Å². The first-order valence-corrected chi connectivity index (χ1v) is 7.87. The smallest absolute Gasteiger partial charge is 0.257 e. The molecule has 21 heavy (non-hydrogen) atoms. The molecule has 3 heterocycles. The molecular weight excluding hydrogens is 264 g/mol. The number of hydrogen-bond donors (Lipinski definition) is 1. The van der Waals surface area contributed by atoms with Crippen LogP contribution in [0.1, 0.15) is 34.5 Å². The number of amides is 1. The van der Waals surface area contributed by atoms with E-state index in [1.165, 1.54) is 5.56 Å². The summed E-state index contributed by atoms with van der Waals surface area (Å²) in [6.45, 7) is 3.69. The van der Waals surface area contributed by atoms with Crippen LogP contribution < -0.4 is 10.2 Å². The van der Waals surface area contributed by atoms with Crippen molar-refractivity contribution in [2.45, 2.75) is 25.7 Å². The predicted octanol–water partition coefficient (Wildman–Crippen LogP) is 1.07. The van der Waals surface area contributed by atoms with Crippen molar-refractivity contribution in [2.24, 2.45) is 0 Å². The third-order valence-corrected chi connectivity index (χ3v) is 4.33. The average molecular weight is 288 g/mol. The van der Waals surface area contributed by atoms with Crippen molar-refractivity contribution >= 4 is 11.7 Å². The van der Waals surface area contributed by atoms with E-state index in [9.17, 15) is 4.79 Å². The fourth-order valence-corrected chi connectivity index (χ4v) is 3.16. The van der Waals surface area contributed by atoms with Crippen LogP contribution in [0.2, 0.25) is 0 Å². The van der Waals surface area contributed by atoms with Gasteiger partial charge in [-0.15, -0.1) is 0 Å². The molecule has 1 aromatic heterocycles. The molecule has 0 radical (unpaired) electrons. The van der Waals surface area contributed by atoms with Gasteiger partial charge >= 0.3 is 0 Å². The summed E-state index contributed by atoms with van der Waals surface area (Å²) in [5, 5.41) is 3.40. The summed E-state index contributed by atoms with van der Waals surface area (Å²) in [6.07, 6.45) is 4.13. The summed E-state index contributed by atoms with van der Waals surface area (Å²) in [5.74, 6) is 0.955. The molecule has 2 aliphatic heterocycles. The Morgan fingerprint density at radius 2 is 1.95 bits per heavy atom. The lowest BCUT2D eigenvalue weighted by molar-refractivity contribution is 0.0793. The Bertz CT molecular complexity index is 535. The molecule has 1 aromatic rings. The van der Waals surface area contributed by atoms with Crippen LogP contribution in [-0.4, -0.2) is 56.1 Å². The second kappa shape index (κ2) is 6.02. The highest BCUT2D eigenvalue weighted by Gasteiger charge is 2.25. The average Bonchev–Trinajstić information content (AvgIpc) is 2.91. The second-order valence-corrected chi connectivity index (χ2v) is 6.11. The van der Waals surface area contributed by atoms with Crippen molar-refractivity contribution in [1.82, 2.24) is 15.2 Å². The molecule has 2 aliphatic rings. The number of hydrogen-bond acceptors (Lipinski definition) is 4. The maximum absolute atomic E-state index is 12.8. The van der Waals surface area contributed by atoms with Gasteiger partial charge in [0.15, 0.2) is 0 Å². The number of rotatable bonds is 2. The van der Waals surface area contributed by atoms with Gasteiger partial charge in [0.25, 0.3) is 5.91 Å². The summed E-state index contributed by atoms with van der Waals surface area (Å²) in [6, 6.07) is 2.09. The third kappa shape index (κ3) is 2.88. The Balaban J connectivity index is 2.00. The first-order chi connectivity index (χ1) is 10.2. The number of nitrogens with zero attached hydrogens (tertiary/aromatic N) is 3. The van der Waals surface area contributed by atoms with Gasteiger partial charge in [-0.05, 0) is 37.4 Å². The second-order valence-electron chi connectivity index (χ2n) is 6.11. The van der Waals surface area contributed by atoms with E-state index >= 15 is 0 Å². The molecule has 0 saturated carbocycles. The number of aromatic nitrogens is 1. The maximum Gasteiger partial charge on any atom is 0.257 e. The normalized spacial score (nSPS) is 18.3. The zero-order valence-electron chi connectivity index (χ0n) is 13.0. The molecule has 0 aliphatic carbocycles. The van der Waals surface area contributed by atoms with Gasteiger partial charge in [0.1, 0.15) is 5.82 Å². The summed E-state index contributed by atoms with van der Waals surface area (Å²) in [5.41, 5.74) is 3.14. The fraction of sp³-hybridized carbons (Fsp3) is 0.625. The fourth-order valence-electron chi connectivity index (χ4n) is 3.16. The van der Waals surface area contributed by atoms with E-state index in [0.29, 0.717) is 0 Å². The summed E-state index contributed by atoms with van der Waals surface area (Å²) < 4.78 is 0. The van der Waals surface area contributed by atoms with Crippen molar-refractivity contribution in [3.05, 3.63) is 22.9 Å². The van der Waals surface area contributed by atoms with Gasteiger partial charge in [0, 0.05) is 45.8 Å². The maximum atomic E-state index is 12.8. The van der Waals surface area contributed by atoms with Gasteiger partial charge in [-0.2, -0.15) is 0 Å². The van der Waals surface area contributed by atoms with Crippen molar-refractivity contribution in [3.8, 4) is 0 Å². The molecular formula is C16H24N4O. The van der Waals surface area contributed by atoms with E-state index in [2.05, 4.69) is 11.4 Å². The van der Waals surface area contributed by atoms with Crippen LogP contribution >= 0.6 is 0 Å². The molecule has 0 atom stereocenters. The number of fused-ring (bicyclic) bond motifs is 1. The van der Waals surface area contributed by atoms with Crippen LogP contribution in [0.3, 0.4) is 0 Å². The Morgan fingerprint density at radius 3 is 2.67 bits per heavy atom. The van der Waals surface area contributed by atoms with Crippen molar-refractivity contribution < 1.29 is 4.79 Å². The van der Waals surface area contributed by atoms with Crippen molar-refractivity contribution in [1.29, 1.82) is 0 Å². The molecule has 0 bridgehead atoms. The molecule has 5 nitrogen and oxygen atoms in total. The highest BCUT2D eigenvalue weighted by molar-refractivity contribution is 5.99. The molecule has 1 fully saturated rings. The van der Waals surface area contributed by atoms with Crippen LogP contribution in [0.25, 0.3) is 0 Å². The largest absolute Gasteiger partial charge is 0.362 e. The monoisotopic (exact) mass is 288 g/mol. The topological polar surface area (TPSA) is 48.5 Å². The lowest BCUT2D eigenvalue weighted by atomic mass is 10.0. The minimum absolute atomic E-state index is 0.142. The van der Waals surface area contributed by atoms with Gasteiger partial charge in [-0.3, -0.25) is 4.79 Å². The molecule has 0 aromatic carbocycles. The van der Waals surface area contributed by atoms with Gasteiger partial charge in [-0.1, -0.05) is 0 Å². The number of anilines is 1. The van der Waals surface area contributed by atoms with Crippen molar-refractivity contribution in [3.63, 3.8) is 0 Å². The number of pyridine rings is 1. The summed E-state index contributed by atoms with van der Waals surface area (Å²) >= 11 is 0. The van der Waals surface area contributed by atoms with E-state index in [0.717, 1.165) is 68.9 Å². The minimum atomic E-state index is 0.142. The molecule has 114 valence electrons.